The first kappa shape index (κ1) is 15.2. The second-order valence-corrected chi connectivity index (χ2v) is 5.47. The molecular weight excluding hydrogens is 290 g/mol. The fraction of sp³-hybridized carbons (Fsp3) is 0.222. The van der Waals surface area contributed by atoms with Crippen molar-refractivity contribution in [2.24, 2.45) is 5.73 Å². The monoisotopic (exact) mass is 309 g/mol. The van der Waals surface area contributed by atoms with Gasteiger partial charge in [-0.15, -0.1) is 0 Å². The zero-order valence-electron chi connectivity index (χ0n) is 13.0. The van der Waals surface area contributed by atoms with Crippen molar-refractivity contribution >= 4 is 28.9 Å². The number of amides is 2. The van der Waals surface area contributed by atoms with Crippen molar-refractivity contribution in [1.82, 2.24) is 0 Å². The summed E-state index contributed by atoms with van der Waals surface area (Å²) < 4.78 is 0. The number of carbonyl (C=O) groups is 2. The van der Waals surface area contributed by atoms with Crippen LogP contribution in [-0.4, -0.2) is 24.4 Å². The topological polar surface area (TPSA) is 66.6 Å². The summed E-state index contributed by atoms with van der Waals surface area (Å²) in [6.07, 6.45) is 0.784. The van der Waals surface area contributed by atoms with E-state index in [1.165, 1.54) is 4.90 Å². The molecule has 1 aliphatic heterocycles. The van der Waals surface area contributed by atoms with E-state index in [1.54, 1.807) is 4.90 Å². The summed E-state index contributed by atoms with van der Waals surface area (Å²) in [7, 11) is 0. The fourth-order valence-corrected chi connectivity index (χ4v) is 2.83. The minimum atomic E-state index is -1.20. The minimum Gasteiger partial charge on any atom is -0.312 e. The SMILES string of the molecule is CCCN1C(=O)C(N)C(=O)N(c2ccccc2)c2ccccc21. The average molecular weight is 309 g/mol. The molecule has 3 rings (SSSR count). The largest absolute Gasteiger partial charge is 0.312 e. The lowest BCUT2D eigenvalue weighted by molar-refractivity contribution is -0.127. The molecule has 1 aliphatic rings. The van der Waals surface area contributed by atoms with E-state index in [1.807, 2.05) is 61.5 Å². The Morgan fingerprint density at radius 2 is 1.52 bits per heavy atom. The first-order valence-electron chi connectivity index (χ1n) is 7.70. The molecule has 1 heterocycles. The first-order valence-corrected chi connectivity index (χ1v) is 7.70. The van der Waals surface area contributed by atoms with Crippen molar-refractivity contribution in [1.29, 1.82) is 0 Å². The highest BCUT2D eigenvalue weighted by Crippen LogP contribution is 2.37. The van der Waals surface area contributed by atoms with E-state index < -0.39 is 11.9 Å². The Hall–Kier alpha value is -2.66. The Kier molecular flexibility index (Phi) is 4.12. The quantitative estimate of drug-likeness (QED) is 0.886. The molecule has 0 aromatic heterocycles. The molecule has 0 fully saturated rings. The van der Waals surface area contributed by atoms with Crippen LogP contribution in [0.15, 0.2) is 54.6 Å². The number of fused-ring (bicyclic) bond motifs is 1. The van der Waals surface area contributed by atoms with Crippen LogP contribution in [0.3, 0.4) is 0 Å². The fourth-order valence-electron chi connectivity index (χ4n) is 2.83. The molecule has 2 N–H and O–H groups in total. The van der Waals surface area contributed by atoms with Gasteiger partial charge in [0.15, 0.2) is 6.04 Å². The van der Waals surface area contributed by atoms with Crippen LogP contribution >= 0.6 is 0 Å². The predicted octanol–water partition coefficient (Wildman–Crippen LogP) is 2.44. The number of anilines is 3. The van der Waals surface area contributed by atoms with E-state index in [0.717, 1.165) is 6.42 Å². The maximum Gasteiger partial charge on any atom is 0.258 e. The zero-order chi connectivity index (χ0) is 16.4. The third-order valence-electron chi connectivity index (χ3n) is 3.89. The molecule has 0 saturated heterocycles. The lowest BCUT2D eigenvalue weighted by atomic mass is 10.2. The van der Waals surface area contributed by atoms with Gasteiger partial charge in [-0.2, -0.15) is 0 Å². The van der Waals surface area contributed by atoms with Gasteiger partial charge in [0.1, 0.15) is 0 Å². The smallest absolute Gasteiger partial charge is 0.258 e. The van der Waals surface area contributed by atoms with Gasteiger partial charge >= 0.3 is 0 Å². The molecule has 0 aliphatic carbocycles. The molecule has 2 aromatic carbocycles. The lowest BCUT2D eigenvalue weighted by Gasteiger charge is -2.25. The summed E-state index contributed by atoms with van der Waals surface area (Å²) in [6, 6.07) is 15.5. The normalized spacial score (nSPS) is 17.9. The molecule has 23 heavy (non-hydrogen) atoms. The van der Waals surface area contributed by atoms with Gasteiger partial charge in [0.2, 0.25) is 0 Å². The second-order valence-electron chi connectivity index (χ2n) is 5.47. The first-order chi connectivity index (χ1) is 11.1. The lowest BCUT2D eigenvalue weighted by Crippen LogP contribution is -2.50. The number of hydrogen-bond donors (Lipinski definition) is 1. The van der Waals surface area contributed by atoms with E-state index in [0.29, 0.717) is 23.6 Å². The van der Waals surface area contributed by atoms with Gasteiger partial charge in [0.25, 0.3) is 11.8 Å². The number of rotatable bonds is 3. The van der Waals surface area contributed by atoms with Gasteiger partial charge in [0, 0.05) is 12.2 Å². The number of benzene rings is 2. The summed E-state index contributed by atoms with van der Waals surface area (Å²) in [5, 5.41) is 0. The molecule has 2 amide bonds. The van der Waals surface area contributed by atoms with E-state index in [9.17, 15) is 9.59 Å². The third-order valence-corrected chi connectivity index (χ3v) is 3.89. The highest BCUT2D eigenvalue weighted by atomic mass is 16.2. The van der Waals surface area contributed by atoms with Gasteiger partial charge in [-0.25, -0.2) is 0 Å². The van der Waals surface area contributed by atoms with Crippen LogP contribution in [0.4, 0.5) is 17.1 Å². The van der Waals surface area contributed by atoms with Gasteiger partial charge in [0.05, 0.1) is 11.4 Å². The second kappa shape index (κ2) is 6.22. The number of hydrogen-bond acceptors (Lipinski definition) is 3. The number of carbonyl (C=O) groups excluding carboxylic acids is 2. The van der Waals surface area contributed by atoms with Gasteiger partial charge in [-0.3, -0.25) is 14.5 Å². The third kappa shape index (κ3) is 2.59. The summed E-state index contributed by atoms with van der Waals surface area (Å²) in [5.74, 6) is -0.769. The van der Waals surface area contributed by atoms with Gasteiger partial charge in [-0.1, -0.05) is 37.3 Å². The molecule has 0 saturated carbocycles. The predicted molar refractivity (Wildman–Crippen MR) is 90.6 cm³/mol. The standard InChI is InChI=1S/C18H19N3O2/c1-2-12-20-14-10-6-7-11-15(14)21(13-8-4-3-5-9-13)18(23)16(19)17(20)22/h3-11,16H,2,12,19H2,1H3. The number of nitrogens with zero attached hydrogens (tertiary/aromatic N) is 2. The van der Waals surface area contributed by atoms with E-state index in [2.05, 4.69) is 0 Å². The maximum absolute atomic E-state index is 12.8. The van der Waals surface area contributed by atoms with Crippen LogP contribution in [0.2, 0.25) is 0 Å². The van der Waals surface area contributed by atoms with Crippen molar-refractivity contribution in [3.8, 4) is 0 Å². The Labute approximate surface area is 135 Å². The van der Waals surface area contributed by atoms with Crippen LogP contribution in [0, 0.1) is 0 Å². The van der Waals surface area contributed by atoms with Crippen molar-refractivity contribution < 1.29 is 9.59 Å². The summed E-state index contributed by atoms with van der Waals surface area (Å²) >= 11 is 0. The summed E-state index contributed by atoms with van der Waals surface area (Å²) in [5.41, 5.74) is 8.06. The van der Waals surface area contributed by atoms with Gasteiger partial charge < -0.3 is 10.6 Å². The molecule has 5 heteroatoms. The number of nitrogens with two attached hydrogens (primary N) is 1. The van der Waals surface area contributed by atoms with Crippen LogP contribution in [0.25, 0.3) is 0 Å². The van der Waals surface area contributed by atoms with Crippen LogP contribution in [0.1, 0.15) is 13.3 Å². The van der Waals surface area contributed by atoms with Crippen molar-refractivity contribution in [2.45, 2.75) is 19.4 Å². The van der Waals surface area contributed by atoms with Crippen molar-refractivity contribution in [3.05, 3.63) is 54.6 Å². The molecule has 0 radical (unpaired) electrons. The molecule has 0 bridgehead atoms. The Morgan fingerprint density at radius 1 is 0.913 bits per heavy atom. The van der Waals surface area contributed by atoms with Crippen LogP contribution < -0.4 is 15.5 Å². The Balaban J connectivity index is 2.21. The molecule has 1 unspecified atom stereocenters. The van der Waals surface area contributed by atoms with E-state index in [-0.39, 0.29) is 5.91 Å². The van der Waals surface area contributed by atoms with E-state index >= 15 is 0 Å². The Bertz CT molecular complexity index is 730. The van der Waals surface area contributed by atoms with Crippen molar-refractivity contribution in [2.75, 3.05) is 16.3 Å². The average Bonchev–Trinajstić information content (AvgIpc) is 2.66. The maximum atomic E-state index is 12.8. The molecule has 2 aromatic rings. The van der Waals surface area contributed by atoms with Crippen molar-refractivity contribution in [3.63, 3.8) is 0 Å². The molecule has 5 nitrogen and oxygen atoms in total. The molecular formula is C18H19N3O2. The summed E-state index contributed by atoms with van der Waals surface area (Å²) in [4.78, 5) is 28.6. The minimum absolute atomic E-state index is 0.359. The summed E-state index contributed by atoms with van der Waals surface area (Å²) in [6.45, 7) is 2.52. The highest BCUT2D eigenvalue weighted by Gasteiger charge is 2.38. The van der Waals surface area contributed by atoms with E-state index in [4.69, 9.17) is 5.73 Å². The molecule has 1 atom stereocenters. The Morgan fingerprint density at radius 3 is 2.17 bits per heavy atom. The zero-order valence-corrected chi connectivity index (χ0v) is 13.0. The molecule has 118 valence electrons. The highest BCUT2D eigenvalue weighted by molar-refractivity contribution is 6.22. The van der Waals surface area contributed by atoms with Gasteiger partial charge in [-0.05, 0) is 30.7 Å². The number of para-hydroxylation sites is 3. The molecule has 0 spiro atoms. The van der Waals surface area contributed by atoms with Crippen LogP contribution in [-0.2, 0) is 9.59 Å². The van der Waals surface area contributed by atoms with Crippen LogP contribution in [0.5, 0.6) is 0 Å².